The Bertz CT molecular complexity index is 672. The number of para-hydroxylation sites is 2. The molecule has 0 radical (unpaired) electrons. The Kier molecular flexibility index (Phi) is 4.16. The molecule has 1 fully saturated rings. The van der Waals surface area contributed by atoms with Crippen molar-refractivity contribution in [2.45, 2.75) is 44.1 Å². The molecule has 0 atom stereocenters. The number of imidazole rings is 1. The summed E-state index contributed by atoms with van der Waals surface area (Å²) in [6.07, 6.45) is 4.67. The van der Waals surface area contributed by atoms with E-state index in [2.05, 4.69) is 20.9 Å². The number of benzene rings is 1. The molecule has 0 saturated heterocycles. The summed E-state index contributed by atoms with van der Waals surface area (Å²) in [6.45, 7) is 0.574. The molecule has 3 rings (SSSR count). The number of hydrogen-bond donors (Lipinski definition) is 2. The second-order valence-electron chi connectivity index (χ2n) is 6.17. The summed E-state index contributed by atoms with van der Waals surface area (Å²) in [7, 11) is 2.02. The van der Waals surface area contributed by atoms with E-state index in [1.807, 2.05) is 25.2 Å². The van der Waals surface area contributed by atoms with E-state index in [0.717, 1.165) is 42.5 Å². The minimum atomic E-state index is -1.13. The lowest BCUT2D eigenvalue weighted by Gasteiger charge is -2.20. The second-order valence-corrected chi connectivity index (χ2v) is 6.17. The van der Waals surface area contributed by atoms with Gasteiger partial charge >= 0.3 is 0 Å². The van der Waals surface area contributed by atoms with Crippen LogP contribution in [0.5, 0.6) is 0 Å². The highest BCUT2D eigenvalue weighted by atomic mass is 16.3. The van der Waals surface area contributed by atoms with E-state index < -0.39 is 5.60 Å². The zero-order valence-corrected chi connectivity index (χ0v) is 13.0. The van der Waals surface area contributed by atoms with Gasteiger partial charge in [0.2, 0.25) is 0 Å². The SMILES string of the molecule is Cn1c(CCCNC(=O)C2(O)CCCC2)nc2ccccc21. The van der Waals surface area contributed by atoms with Crippen LogP contribution in [0.1, 0.15) is 37.9 Å². The molecule has 1 aliphatic carbocycles. The molecule has 1 aromatic carbocycles. The van der Waals surface area contributed by atoms with Crippen molar-refractivity contribution >= 4 is 16.9 Å². The first-order chi connectivity index (χ1) is 10.6. The van der Waals surface area contributed by atoms with E-state index in [1.165, 1.54) is 0 Å². The molecule has 5 heteroatoms. The number of fused-ring (bicyclic) bond motifs is 1. The summed E-state index contributed by atoms with van der Waals surface area (Å²) >= 11 is 0. The first kappa shape index (κ1) is 15.0. The molecule has 0 unspecified atom stereocenters. The Morgan fingerprint density at radius 2 is 2.09 bits per heavy atom. The number of carbonyl (C=O) groups is 1. The first-order valence-electron chi connectivity index (χ1n) is 8.01. The lowest BCUT2D eigenvalue weighted by Crippen LogP contribution is -2.45. The fourth-order valence-corrected chi connectivity index (χ4v) is 3.22. The molecule has 2 N–H and O–H groups in total. The molecule has 1 saturated carbocycles. The fraction of sp³-hybridized carbons (Fsp3) is 0.529. The quantitative estimate of drug-likeness (QED) is 0.829. The lowest BCUT2D eigenvalue weighted by molar-refractivity contribution is -0.139. The third-order valence-electron chi connectivity index (χ3n) is 4.60. The van der Waals surface area contributed by atoms with Gasteiger partial charge in [0.15, 0.2) is 0 Å². The number of aromatic nitrogens is 2. The first-order valence-corrected chi connectivity index (χ1v) is 8.01. The van der Waals surface area contributed by atoms with Crippen LogP contribution in [0.4, 0.5) is 0 Å². The second kappa shape index (κ2) is 6.08. The standard InChI is InChI=1S/C17H23N3O2/c1-20-14-8-3-2-7-13(14)19-15(20)9-6-12-18-16(21)17(22)10-4-5-11-17/h2-3,7-8,22H,4-6,9-12H2,1H3,(H,18,21). The van der Waals surface area contributed by atoms with Gasteiger partial charge in [-0.15, -0.1) is 0 Å². The molecule has 0 bridgehead atoms. The monoisotopic (exact) mass is 301 g/mol. The number of amides is 1. The molecular weight excluding hydrogens is 278 g/mol. The number of hydrogen-bond acceptors (Lipinski definition) is 3. The van der Waals surface area contributed by atoms with Gasteiger partial charge in [-0.1, -0.05) is 12.1 Å². The number of aryl methyl sites for hydroxylation is 2. The summed E-state index contributed by atoms with van der Waals surface area (Å²) in [5, 5.41) is 13.0. The normalized spacial score (nSPS) is 17.0. The highest BCUT2D eigenvalue weighted by molar-refractivity contribution is 5.85. The van der Waals surface area contributed by atoms with Crippen LogP contribution < -0.4 is 5.32 Å². The van der Waals surface area contributed by atoms with Crippen LogP contribution >= 0.6 is 0 Å². The third-order valence-corrected chi connectivity index (χ3v) is 4.60. The molecule has 1 heterocycles. The Balaban J connectivity index is 1.52. The van der Waals surface area contributed by atoms with Crippen LogP contribution in [-0.2, 0) is 18.3 Å². The van der Waals surface area contributed by atoms with Crippen LogP contribution in [0.3, 0.4) is 0 Å². The largest absolute Gasteiger partial charge is 0.380 e. The van der Waals surface area contributed by atoms with Crippen molar-refractivity contribution in [3.05, 3.63) is 30.1 Å². The summed E-state index contributed by atoms with van der Waals surface area (Å²) < 4.78 is 2.10. The van der Waals surface area contributed by atoms with Crippen LogP contribution in [-0.4, -0.2) is 32.7 Å². The van der Waals surface area contributed by atoms with Crippen molar-refractivity contribution in [2.75, 3.05) is 6.54 Å². The van der Waals surface area contributed by atoms with Crippen molar-refractivity contribution in [1.29, 1.82) is 0 Å². The maximum absolute atomic E-state index is 12.0. The highest BCUT2D eigenvalue weighted by Crippen LogP contribution is 2.29. The molecular formula is C17H23N3O2. The fourth-order valence-electron chi connectivity index (χ4n) is 3.22. The third kappa shape index (κ3) is 2.86. The number of carbonyl (C=O) groups excluding carboxylic acids is 1. The summed E-state index contributed by atoms with van der Waals surface area (Å²) in [5.41, 5.74) is 1.00. The van der Waals surface area contributed by atoms with Crippen molar-refractivity contribution < 1.29 is 9.90 Å². The summed E-state index contributed by atoms with van der Waals surface area (Å²) in [4.78, 5) is 16.6. The van der Waals surface area contributed by atoms with Crippen LogP contribution in [0, 0.1) is 0 Å². The average Bonchev–Trinajstić information content (AvgIpc) is 3.10. The minimum Gasteiger partial charge on any atom is -0.380 e. The maximum atomic E-state index is 12.0. The van der Waals surface area contributed by atoms with E-state index >= 15 is 0 Å². The Labute approximate surface area is 130 Å². The van der Waals surface area contributed by atoms with Gasteiger partial charge in [-0.05, 0) is 44.2 Å². The average molecular weight is 301 g/mol. The van der Waals surface area contributed by atoms with Gasteiger partial charge in [0.25, 0.3) is 5.91 Å². The van der Waals surface area contributed by atoms with Gasteiger partial charge in [-0.2, -0.15) is 0 Å². The molecule has 0 spiro atoms. The minimum absolute atomic E-state index is 0.213. The summed E-state index contributed by atoms with van der Waals surface area (Å²) in [5.74, 6) is 0.810. The van der Waals surface area contributed by atoms with Crippen molar-refractivity contribution in [3.8, 4) is 0 Å². The molecule has 1 aliphatic rings. The molecule has 1 aromatic heterocycles. The number of aliphatic hydroxyl groups is 1. The molecule has 2 aromatic rings. The van der Waals surface area contributed by atoms with Crippen molar-refractivity contribution in [1.82, 2.24) is 14.9 Å². The summed E-state index contributed by atoms with van der Waals surface area (Å²) in [6, 6.07) is 8.07. The maximum Gasteiger partial charge on any atom is 0.251 e. The smallest absolute Gasteiger partial charge is 0.251 e. The van der Waals surface area contributed by atoms with E-state index in [1.54, 1.807) is 0 Å². The van der Waals surface area contributed by atoms with Crippen molar-refractivity contribution in [3.63, 3.8) is 0 Å². The number of nitrogens with zero attached hydrogens (tertiary/aromatic N) is 2. The number of rotatable bonds is 5. The Morgan fingerprint density at radius 3 is 2.82 bits per heavy atom. The lowest BCUT2D eigenvalue weighted by atomic mass is 10.0. The number of nitrogens with one attached hydrogen (secondary N) is 1. The van der Waals surface area contributed by atoms with Crippen LogP contribution in [0.2, 0.25) is 0 Å². The van der Waals surface area contributed by atoms with E-state index in [4.69, 9.17) is 0 Å². The molecule has 22 heavy (non-hydrogen) atoms. The molecule has 1 amide bonds. The van der Waals surface area contributed by atoms with Gasteiger partial charge in [0.05, 0.1) is 11.0 Å². The van der Waals surface area contributed by atoms with Crippen LogP contribution in [0.15, 0.2) is 24.3 Å². The van der Waals surface area contributed by atoms with E-state index in [9.17, 15) is 9.90 Å². The van der Waals surface area contributed by atoms with Crippen molar-refractivity contribution in [2.24, 2.45) is 7.05 Å². The zero-order chi connectivity index (χ0) is 15.6. The van der Waals surface area contributed by atoms with E-state index in [0.29, 0.717) is 19.4 Å². The zero-order valence-electron chi connectivity index (χ0n) is 13.0. The Hall–Kier alpha value is -1.88. The predicted octanol–water partition coefficient (Wildman–Crippen LogP) is 1.93. The Morgan fingerprint density at radius 1 is 1.36 bits per heavy atom. The van der Waals surface area contributed by atoms with Gasteiger partial charge in [0.1, 0.15) is 11.4 Å². The van der Waals surface area contributed by atoms with E-state index in [-0.39, 0.29) is 5.91 Å². The topological polar surface area (TPSA) is 67.2 Å². The molecule has 5 nitrogen and oxygen atoms in total. The van der Waals surface area contributed by atoms with Gasteiger partial charge in [-0.3, -0.25) is 4.79 Å². The van der Waals surface area contributed by atoms with Gasteiger partial charge in [-0.25, -0.2) is 4.98 Å². The van der Waals surface area contributed by atoms with Gasteiger partial charge in [0, 0.05) is 20.0 Å². The van der Waals surface area contributed by atoms with Crippen LogP contribution in [0.25, 0.3) is 11.0 Å². The predicted molar refractivity (Wildman–Crippen MR) is 85.5 cm³/mol. The molecule has 0 aliphatic heterocycles. The molecule has 118 valence electrons. The van der Waals surface area contributed by atoms with Gasteiger partial charge < -0.3 is 15.0 Å². The highest BCUT2D eigenvalue weighted by Gasteiger charge is 2.38.